The highest BCUT2D eigenvalue weighted by atomic mass is 19.1. The summed E-state index contributed by atoms with van der Waals surface area (Å²) in [5, 5.41) is 0. The van der Waals surface area contributed by atoms with Crippen LogP contribution in [-0.4, -0.2) is 30.4 Å². The highest BCUT2D eigenvalue weighted by Gasteiger charge is 2.25. The third-order valence-corrected chi connectivity index (χ3v) is 4.67. The molecule has 31 heavy (non-hydrogen) atoms. The smallest absolute Gasteiger partial charge is 0.310 e. The van der Waals surface area contributed by atoms with Gasteiger partial charge in [-0.3, -0.25) is 9.59 Å². The average molecular weight is 425 g/mol. The molecule has 1 atom stereocenters. The normalized spacial score (nSPS) is 11.6. The van der Waals surface area contributed by atoms with Gasteiger partial charge in [-0.2, -0.15) is 0 Å². The van der Waals surface area contributed by atoms with E-state index in [9.17, 15) is 14.0 Å². The molecule has 1 aromatic heterocycles. The molecule has 1 amide bonds. The lowest BCUT2D eigenvalue weighted by molar-refractivity contribution is -0.145. The van der Waals surface area contributed by atoms with Crippen molar-refractivity contribution in [3.8, 4) is 5.75 Å². The average Bonchev–Trinajstić information content (AvgIpc) is 3.27. The molecule has 0 N–H and O–H groups in total. The van der Waals surface area contributed by atoms with E-state index in [-0.39, 0.29) is 30.6 Å². The number of furan rings is 1. The SMILES string of the molecule is COC(=O)C(C)CN(Cc1ccccc1)C(=O)c1ccc(COc2ccc(F)cc2)o1. The fourth-order valence-corrected chi connectivity index (χ4v) is 3.04. The van der Waals surface area contributed by atoms with Crippen LogP contribution in [0.15, 0.2) is 71.1 Å². The first-order valence-corrected chi connectivity index (χ1v) is 9.84. The molecular formula is C24H24FNO5. The summed E-state index contributed by atoms with van der Waals surface area (Å²) in [4.78, 5) is 26.6. The van der Waals surface area contributed by atoms with Gasteiger partial charge in [0.05, 0.1) is 13.0 Å². The summed E-state index contributed by atoms with van der Waals surface area (Å²) in [7, 11) is 1.32. The summed E-state index contributed by atoms with van der Waals surface area (Å²) in [5.74, 6) is -0.486. The summed E-state index contributed by atoms with van der Waals surface area (Å²) in [6.45, 7) is 2.31. The van der Waals surface area contributed by atoms with Gasteiger partial charge in [-0.1, -0.05) is 37.3 Å². The fourth-order valence-electron chi connectivity index (χ4n) is 3.04. The number of methoxy groups -OCH3 is 1. The van der Waals surface area contributed by atoms with E-state index < -0.39 is 11.9 Å². The Kier molecular flexibility index (Phi) is 7.43. The zero-order valence-electron chi connectivity index (χ0n) is 17.4. The minimum absolute atomic E-state index is 0.0934. The zero-order valence-corrected chi connectivity index (χ0v) is 17.4. The highest BCUT2D eigenvalue weighted by molar-refractivity contribution is 5.91. The summed E-state index contributed by atoms with van der Waals surface area (Å²) in [6, 6.07) is 18.4. The Morgan fingerprint density at radius 1 is 1.03 bits per heavy atom. The third kappa shape index (κ3) is 6.18. The van der Waals surface area contributed by atoms with Crippen molar-refractivity contribution in [1.29, 1.82) is 0 Å². The maximum atomic E-state index is 13.1. The number of benzene rings is 2. The van der Waals surface area contributed by atoms with Gasteiger partial charge in [0.25, 0.3) is 5.91 Å². The Hall–Kier alpha value is -3.61. The molecular weight excluding hydrogens is 401 g/mol. The molecule has 2 aromatic carbocycles. The summed E-state index contributed by atoms with van der Waals surface area (Å²) >= 11 is 0. The molecule has 0 aliphatic rings. The van der Waals surface area contributed by atoms with E-state index in [1.807, 2.05) is 30.3 Å². The van der Waals surface area contributed by atoms with Gasteiger partial charge in [0, 0.05) is 13.1 Å². The van der Waals surface area contributed by atoms with E-state index in [0.29, 0.717) is 18.1 Å². The Balaban J connectivity index is 1.70. The molecule has 0 aliphatic heterocycles. The summed E-state index contributed by atoms with van der Waals surface area (Å²) < 4.78 is 29.0. The molecule has 0 saturated heterocycles. The number of esters is 1. The lowest BCUT2D eigenvalue weighted by atomic mass is 10.1. The van der Waals surface area contributed by atoms with Crippen LogP contribution in [0.3, 0.4) is 0 Å². The molecule has 0 saturated carbocycles. The molecule has 0 spiro atoms. The van der Waals surface area contributed by atoms with Crippen molar-refractivity contribution in [2.75, 3.05) is 13.7 Å². The van der Waals surface area contributed by atoms with Crippen molar-refractivity contribution >= 4 is 11.9 Å². The van der Waals surface area contributed by atoms with Gasteiger partial charge in [-0.25, -0.2) is 4.39 Å². The first kappa shape index (κ1) is 22.1. The minimum Gasteiger partial charge on any atom is -0.486 e. The second-order valence-corrected chi connectivity index (χ2v) is 7.10. The van der Waals surface area contributed by atoms with Gasteiger partial charge in [0.1, 0.15) is 23.9 Å². The standard InChI is InChI=1S/C24H24FNO5/c1-17(24(28)29-2)14-26(15-18-6-4-3-5-7-18)23(27)22-13-12-21(31-22)16-30-20-10-8-19(25)9-11-20/h3-13,17H,14-16H2,1-2H3. The second kappa shape index (κ2) is 10.4. The van der Waals surface area contributed by atoms with Crippen molar-refractivity contribution in [3.05, 3.63) is 89.6 Å². The monoisotopic (exact) mass is 425 g/mol. The Labute approximate surface area is 180 Å². The van der Waals surface area contributed by atoms with Crippen LogP contribution in [0.2, 0.25) is 0 Å². The van der Waals surface area contributed by atoms with Crippen molar-refractivity contribution in [2.45, 2.75) is 20.1 Å². The molecule has 3 aromatic rings. The van der Waals surface area contributed by atoms with E-state index in [2.05, 4.69) is 0 Å². The third-order valence-electron chi connectivity index (χ3n) is 4.67. The van der Waals surface area contributed by atoms with Crippen molar-refractivity contribution in [1.82, 2.24) is 4.90 Å². The predicted octanol–water partition coefficient (Wildman–Crippen LogP) is 4.45. The number of hydrogen-bond donors (Lipinski definition) is 0. The lowest BCUT2D eigenvalue weighted by Crippen LogP contribution is -2.36. The molecule has 0 fully saturated rings. The lowest BCUT2D eigenvalue weighted by Gasteiger charge is -2.24. The molecule has 1 unspecified atom stereocenters. The number of carbonyl (C=O) groups is 2. The molecule has 0 bridgehead atoms. The Morgan fingerprint density at radius 3 is 2.42 bits per heavy atom. The topological polar surface area (TPSA) is 69.0 Å². The molecule has 0 radical (unpaired) electrons. The second-order valence-electron chi connectivity index (χ2n) is 7.10. The van der Waals surface area contributed by atoms with Crippen molar-refractivity contribution < 1.29 is 27.9 Å². The number of ether oxygens (including phenoxy) is 2. The van der Waals surface area contributed by atoms with Crippen molar-refractivity contribution in [2.24, 2.45) is 5.92 Å². The number of hydrogen-bond acceptors (Lipinski definition) is 5. The molecule has 162 valence electrons. The van der Waals surface area contributed by atoms with Crippen LogP contribution in [-0.2, 0) is 22.7 Å². The van der Waals surface area contributed by atoms with Gasteiger partial charge < -0.3 is 18.8 Å². The van der Waals surface area contributed by atoms with Crippen LogP contribution in [0.25, 0.3) is 0 Å². The van der Waals surface area contributed by atoms with E-state index in [1.165, 1.54) is 31.4 Å². The number of amides is 1. The first-order valence-electron chi connectivity index (χ1n) is 9.84. The van der Waals surface area contributed by atoms with Gasteiger partial charge in [0.15, 0.2) is 5.76 Å². The van der Waals surface area contributed by atoms with E-state index in [0.717, 1.165) is 5.56 Å². The Morgan fingerprint density at radius 2 is 1.74 bits per heavy atom. The highest BCUT2D eigenvalue weighted by Crippen LogP contribution is 2.18. The zero-order chi connectivity index (χ0) is 22.2. The van der Waals surface area contributed by atoms with Crippen LogP contribution in [0.4, 0.5) is 4.39 Å². The van der Waals surface area contributed by atoms with Crippen LogP contribution >= 0.6 is 0 Å². The van der Waals surface area contributed by atoms with Gasteiger partial charge in [0.2, 0.25) is 0 Å². The maximum absolute atomic E-state index is 13.1. The molecule has 1 heterocycles. The maximum Gasteiger partial charge on any atom is 0.310 e. The molecule has 7 heteroatoms. The number of carbonyl (C=O) groups excluding carboxylic acids is 2. The first-order chi connectivity index (χ1) is 15.0. The molecule has 3 rings (SSSR count). The molecule has 6 nitrogen and oxygen atoms in total. The van der Waals surface area contributed by atoms with E-state index >= 15 is 0 Å². The number of nitrogens with zero attached hydrogens (tertiary/aromatic N) is 1. The van der Waals surface area contributed by atoms with E-state index in [4.69, 9.17) is 13.9 Å². The summed E-state index contributed by atoms with van der Waals surface area (Å²) in [6.07, 6.45) is 0. The largest absolute Gasteiger partial charge is 0.486 e. The van der Waals surface area contributed by atoms with E-state index in [1.54, 1.807) is 24.0 Å². The van der Waals surface area contributed by atoms with Gasteiger partial charge in [-0.15, -0.1) is 0 Å². The van der Waals surface area contributed by atoms with Gasteiger partial charge >= 0.3 is 5.97 Å². The quantitative estimate of drug-likeness (QED) is 0.474. The van der Waals surface area contributed by atoms with Crippen LogP contribution in [0, 0.1) is 11.7 Å². The van der Waals surface area contributed by atoms with Crippen LogP contribution in [0.1, 0.15) is 28.8 Å². The number of rotatable bonds is 9. The predicted molar refractivity (Wildman–Crippen MR) is 112 cm³/mol. The minimum atomic E-state index is -0.492. The van der Waals surface area contributed by atoms with Crippen LogP contribution in [0.5, 0.6) is 5.75 Å². The van der Waals surface area contributed by atoms with Crippen LogP contribution < -0.4 is 4.74 Å². The van der Waals surface area contributed by atoms with Gasteiger partial charge in [-0.05, 0) is 42.0 Å². The molecule has 0 aliphatic carbocycles. The summed E-state index contributed by atoms with van der Waals surface area (Å²) in [5.41, 5.74) is 0.930. The fraction of sp³-hybridized carbons (Fsp3) is 0.250. The Bertz CT molecular complexity index is 1000. The van der Waals surface area contributed by atoms with Crippen molar-refractivity contribution in [3.63, 3.8) is 0 Å². The number of halogens is 1.